The van der Waals surface area contributed by atoms with E-state index in [0.29, 0.717) is 35.1 Å². The Balaban J connectivity index is 1.40. The number of aromatic amines is 1. The maximum Gasteiger partial charge on any atom is 0.268 e. The number of amides is 1. The van der Waals surface area contributed by atoms with Gasteiger partial charge in [-0.3, -0.25) is 14.9 Å². The zero-order valence-corrected chi connectivity index (χ0v) is 19.5. The van der Waals surface area contributed by atoms with Crippen LogP contribution in [0.4, 0.5) is 4.39 Å². The highest BCUT2D eigenvalue weighted by Gasteiger charge is 2.33. The van der Waals surface area contributed by atoms with Gasteiger partial charge < -0.3 is 9.88 Å². The van der Waals surface area contributed by atoms with Crippen molar-refractivity contribution in [3.05, 3.63) is 76.8 Å². The summed E-state index contributed by atoms with van der Waals surface area (Å²) in [5.41, 5.74) is 3.35. The Bertz CT molecular complexity index is 1520. The number of carbonyl (C=O) groups excluding carboxylic acids is 1. The normalized spacial score (nSPS) is 14.3. The largest absolute Gasteiger partial charge is 0.347 e. The molecule has 9 nitrogen and oxygen atoms in total. The summed E-state index contributed by atoms with van der Waals surface area (Å²) in [4.78, 5) is 17.3. The smallest absolute Gasteiger partial charge is 0.268 e. The van der Waals surface area contributed by atoms with Crippen molar-refractivity contribution in [2.45, 2.75) is 31.3 Å². The molecule has 1 amide bonds. The van der Waals surface area contributed by atoms with Crippen LogP contribution in [0, 0.1) is 12.7 Å². The van der Waals surface area contributed by atoms with E-state index in [0.717, 1.165) is 11.3 Å². The molecule has 1 aromatic carbocycles. The molecule has 0 spiro atoms. The van der Waals surface area contributed by atoms with E-state index in [-0.39, 0.29) is 23.7 Å². The second-order valence-electron chi connectivity index (χ2n) is 8.28. The van der Waals surface area contributed by atoms with Gasteiger partial charge in [-0.25, -0.2) is 12.8 Å². The average molecular weight is 483 g/mol. The summed E-state index contributed by atoms with van der Waals surface area (Å²) >= 11 is 0. The van der Waals surface area contributed by atoms with Crippen LogP contribution in [0.2, 0.25) is 0 Å². The molecule has 0 saturated carbocycles. The number of pyridine rings is 1. The fraction of sp³-hybridized carbons (Fsp3) is 0.261. The van der Waals surface area contributed by atoms with Gasteiger partial charge in [0.25, 0.3) is 5.91 Å². The Morgan fingerprint density at radius 2 is 2.12 bits per heavy atom. The molecule has 0 unspecified atom stereocenters. The molecule has 4 aromatic rings. The maximum atomic E-state index is 14.5. The van der Waals surface area contributed by atoms with Crippen molar-refractivity contribution in [1.29, 1.82) is 0 Å². The lowest BCUT2D eigenvalue weighted by molar-refractivity contribution is 0.0942. The highest BCUT2D eigenvalue weighted by atomic mass is 32.2. The van der Waals surface area contributed by atoms with Crippen LogP contribution >= 0.6 is 0 Å². The number of rotatable bonds is 5. The van der Waals surface area contributed by atoms with E-state index in [1.54, 1.807) is 44.6 Å². The number of nitrogens with one attached hydrogen (secondary N) is 2. The molecule has 34 heavy (non-hydrogen) atoms. The molecular weight excluding hydrogens is 459 g/mol. The first-order valence-electron chi connectivity index (χ1n) is 10.7. The first-order chi connectivity index (χ1) is 16.3. The summed E-state index contributed by atoms with van der Waals surface area (Å²) in [6.07, 6.45) is 3.79. The number of halogens is 1. The van der Waals surface area contributed by atoms with E-state index >= 15 is 0 Å². The molecule has 2 N–H and O–H groups in total. The molecule has 5 rings (SSSR count). The van der Waals surface area contributed by atoms with E-state index in [2.05, 4.69) is 20.5 Å². The molecule has 0 saturated heterocycles. The monoisotopic (exact) mass is 482 g/mol. The Morgan fingerprint density at radius 3 is 2.94 bits per heavy atom. The molecule has 176 valence electrons. The van der Waals surface area contributed by atoms with E-state index in [9.17, 15) is 17.6 Å². The predicted molar refractivity (Wildman–Crippen MR) is 123 cm³/mol. The van der Waals surface area contributed by atoms with Gasteiger partial charge in [0.1, 0.15) is 16.4 Å². The second kappa shape index (κ2) is 8.33. The molecule has 1 aliphatic heterocycles. The zero-order chi connectivity index (χ0) is 24.0. The van der Waals surface area contributed by atoms with Crippen LogP contribution in [0.1, 0.15) is 33.0 Å². The lowest BCUT2D eigenvalue weighted by Gasteiger charge is -2.25. The lowest BCUT2D eigenvalue weighted by Crippen LogP contribution is -2.35. The molecule has 1 aliphatic rings. The number of nitrogens with zero attached hydrogens (tertiary/aromatic N) is 4. The van der Waals surface area contributed by atoms with E-state index in [4.69, 9.17) is 0 Å². The molecule has 0 fully saturated rings. The van der Waals surface area contributed by atoms with Crippen molar-refractivity contribution in [3.63, 3.8) is 0 Å². The van der Waals surface area contributed by atoms with E-state index in [1.807, 2.05) is 0 Å². The zero-order valence-electron chi connectivity index (χ0n) is 18.7. The summed E-state index contributed by atoms with van der Waals surface area (Å²) in [5, 5.41) is 10.2. The van der Waals surface area contributed by atoms with Crippen molar-refractivity contribution in [3.8, 4) is 0 Å². The standard InChI is InChI=1S/C23H23FN6O3S/c1-14-22(34(32,33)30-9-7-19-15(13-30)11-27-28-19)10-21(29(14)2)23(31)26-12-17-16-4-3-8-25-20(16)6-5-18(17)24/h3-6,8,10-11H,7,9,12-13H2,1-2H3,(H,26,31)(H,27,28). The van der Waals surface area contributed by atoms with Crippen molar-refractivity contribution >= 4 is 26.8 Å². The van der Waals surface area contributed by atoms with Gasteiger partial charge in [-0.15, -0.1) is 0 Å². The van der Waals surface area contributed by atoms with E-state index in [1.165, 1.54) is 21.0 Å². The van der Waals surface area contributed by atoms with Gasteiger partial charge in [-0.2, -0.15) is 9.40 Å². The molecule has 0 atom stereocenters. The molecule has 0 bridgehead atoms. The average Bonchev–Trinajstić information content (AvgIpc) is 3.42. The van der Waals surface area contributed by atoms with Crippen LogP contribution < -0.4 is 5.32 Å². The highest BCUT2D eigenvalue weighted by molar-refractivity contribution is 7.89. The van der Waals surface area contributed by atoms with Crippen molar-refractivity contribution in [2.24, 2.45) is 7.05 Å². The lowest BCUT2D eigenvalue weighted by atomic mass is 10.1. The number of fused-ring (bicyclic) bond motifs is 2. The summed E-state index contributed by atoms with van der Waals surface area (Å²) in [6.45, 7) is 2.14. The quantitative estimate of drug-likeness (QED) is 0.454. The molecule has 3 aromatic heterocycles. The number of carbonyl (C=O) groups is 1. The highest BCUT2D eigenvalue weighted by Crippen LogP contribution is 2.28. The topological polar surface area (TPSA) is 113 Å². The Hall–Kier alpha value is -3.57. The molecule has 4 heterocycles. The Kier molecular flexibility index (Phi) is 5.45. The van der Waals surface area contributed by atoms with Gasteiger partial charge in [0, 0.05) is 67.2 Å². The molecule has 0 radical (unpaired) electrons. The van der Waals surface area contributed by atoms with Crippen LogP contribution in [0.5, 0.6) is 0 Å². The molecule has 0 aliphatic carbocycles. The SMILES string of the molecule is Cc1c(S(=O)(=O)N2CCc3[nH]ncc3C2)cc(C(=O)NCc2c(F)ccc3ncccc23)n1C. The predicted octanol–water partition coefficient (Wildman–Crippen LogP) is 2.42. The van der Waals surface area contributed by atoms with Gasteiger partial charge in [0.2, 0.25) is 10.0 Å². The van der Waals surface area contributed by atoms with Crippen molar-refractivity contribution in [2.75, 3.05) is 6.54 Å². The number of H-pyrrole nitrogens is 1. The van der Waals surface area contributed by atoms with E-state index < -0.39 is 21.7 Å². The summed E-state index contributed by atoms with van der Waals surface area (Å²) in [7, 11) is -2.19. The first-order valence-corrected chi connectivity index (χ1v) is 12.2. The minimum atomic E-state index is -3.83. The van der Waals surface area contributed by atoms with Gasteiger partial charge in [-0.1, -0.05) is 6.07 Å². The van der Waals surface area contributed by atoms with Crippen molar-refractivity contribution in [1.82, 2.24) is 29.4 Å². The van der Waals surface area contributed by atoms with Crippen LogP contribution in [0.3, 0.4) is 0 Å². The minimum Gasteiger partial charge on any atom is -0.347 e. The number of hydrogen-bond donors (Lipinski definition) is 2. The van der Waals surface area contributed by atoms with Gasteiger partial charge in [-0.05, 0) is 31.2 Å². The summed E-state index contributed by atoms with van der Waals surface area (Å²) in [5.74, 6) is -0.945. The maximum absolute atomic E-state index is 14.5. The Morgan fingerprint density at radius 1 is 1.29 bits per heavy atom. The van der Waals surface area contributed by atoms with Crippen LogP contribution in [0.15, 0.2) is 47.6 Å². The van der Waals surface area contributed by atoms with Gasteiger partial charge >= 0.3 is 0 Å². The fourth-order valence-corrected chi connectivity index (χ4v) is 6.01. The number of benzene rings is 1. The number of hydrogen-bond acceptors (Lipinski definition) is 5. The summed E-state index contributed by atoms with van der Waals surface area (Å²) < 4.78 is 44.2. The third-order valence-corrected chi connectivity index (χ3v) is 8.33. The third kappa shape index (κ3) is 3.66. The first kappa shape index (κ1) is 22.2. The van der Waals surface area contributed by atoms with Crippen molar-refractivity contribution < 1.29 is 17.6 Å². The fourth-order valence-electron chi connectivity index (χ4n) is 4.32. The van der Waals surface area contributed by atoms with Crippen LogP contribution in [-0.2, 0) is 36.6 Å². The number of aromatic nitrogens is 4. The van der Waals surface area contributed by atoms with Gasteiger partial charge in [0.05, 0.1) is 11.7 Å². The second-order valence-corrected chi connectivity index (χ2v) is 10.2. The minimum absolute atomic E-state index is 0.0601. The van der Waals surface area contributed by atoms with Crippen LogP contribution in [-0.4, -0.2) is 44.9 Å². The Labute approximate surface area is 195 Å². The number of sulfonamides is 1. The van der Waals surface area contributed by atoms with Crippen LogP contribution in [0.25, 0.3) is 10.9 Å². The molecular formula is C23H23FN6O3S. The third-order valence-electron chi connectivity index (χ3n) is 6.37. The molecule has 11 heteroatoms. The van der Waals surface area contributed by atoms with Gasteiger partial charge in [0.15, 0.2) is 0 Å². The summed E-state index contributed by atoms with van der Waals surface area (Å²) in [6, 6.07) is 7.73.